The van der Waals surface area contributed by atoms with Gasteiger partial charge >= 0.3 is 12.0 Å². The molecule has 1 saturated heterocycles. The Morgan fingerprint density at radius 1 is 1.53 bits per heavy atom. The van der Waals surface area contributed by atoms with Gasteiger partial charge in [-0.3, -0.25) is 0 Å². The predicted octanol–water partition coefficient (Wildman–Crippen LogP) is 0.0858. The quantitative estimate of drug-likeness (QED) is 0.652. The molecule has 0 aliphatic carbocycles. The number of carbonyl (C=O) groups excluding carboxylic acids is 1. The van der Waals surface area contributed by atoms with Gasteiger partial charge in [0.05, 0.1) is 0 Å². The molecule has 98 valence electrons. The van der Waals surface area contributed by atoms with Crippen molar-refractivity contribution in [1.82, 2.24) is 10.2 Å². The molecule has 0 spiro atoms. The molecule has 0 aromatic carbocycles. The average molecular weight is 243 g/mol. The lowest BCUT2D eigenvalue weighted by Crippen LogP contribution is -2.49. The highest BCUT2D eigenvalue weighted by Gasteiger charge is 2.29. The van der Waals surface area contributed by atoms with Gasteiger partial charge in [0.15, 0.2) is 0 Å². The van der Waals surface area contributed by atoms with Crippen LogP contribution >= 0.6 is 0 Å². The smallest absolute Gasteiger partial charge is 0.326 e. The van der Waals surface area contributed by atoms with Crippen LogP contribution in [-0.4, -0.2) is 47.7 Å². The van der Waals surface area contributed by atoms with Crippen molar-refractivity contribution in [2.75, 3.05) is 19.6 Å². The molecule has 1 aliphatic rings. The normalized spacial score (nSPS) is 21.6. The monoisotopic (exact) mass is 243 g/mol. The van der Waals surface area contributed by atoms with E-state index in [1.807, 2.05) is 0 Å². The molecule has 1 unspecified atom stereocenters. The van der Waals surface area contributed by atoms with Crippen LogP contribution in [0.4, 0.5) is 4.79 Å². The Balaban J connectivity index is 2.51. The third-order valence-corrected chi connectivity index (χ3v) is 3.12. The van der Waals surface area contributed by atoms with E-state index < -0.39 is 12.0 Å². The number of carbonyl (C=O) groups is 2. The van der Waals surface area contributed by atoms with Crippen molar-refractivity contribution in [2.45, 2.75) is 26.3 Å². The zero-order valence-corrected chi connectivity index (χ0v) is 10.3. The fourth-order valence-electron chi connectivity index (χ4n) is 1.95. The second kappa shape index (κ2) is 5.86. The molecule has 1 aliphatic heterocycles. The van der Waals surface area contributed by atoms with Crippen LogP contribution in [0.15, 0.2) is 0 Å². The highest BCUT2D eigenvalue weighted by atomic mass is 16.4. The molecule has 1 fully saturated rings. The number of likely N-dealkylation sites (tertiary alicyclic amines) is 1. The minimum Gasteiger partial charge on any atom is -0.480 e. The summed E-state index contributed by atoms with van der Waals surface area (Å²) in [6.07, 6.45) is 0.892. The maximum Gasteiger partial charge on any atom is 0.326 e. The van der Waals surface area contributed by atoms with E-state index >= 15 is 0 Å². The number of carboxylic acid groups (broad SMARTS) is 1. The van der Waals surface area contributed by atoms with Crippen molar-refractivity contribution in [3.8, 4) is 0 Å². The molecule has 0 aromatic rings. The maximum absolute atomic E-state index is 11.8. The first-order valence-electron chi connectivity index (χ1n) is 5.94. The number of aliphatic carboxylic acids is 1. The molecule has 17 heavy (non-hydrogen) atoms. The Kier molecular flexibility index (Phi) is 4.74. The number of hydrogen-bond donors (Lipinski definition) is 3. The summed E-state index contributed by atoms with van der Waals surface area (Å²) in [4.78, 5) is 24.4. The number of carboxylic acids is 1. The van der Waals surface area contributed by atoms with Crippen molar-refractivity contribution in [2.24, 2.45) is 17.6 Å². The van der Waals surface area contributed by atoms with Crippen molar-refractivity contribution in [3.63, 3.8) is 0 Å². The number of nitrogens with one attached hydrogen (secondary N) is 1. The van der Waals surface area contributed by atoms with Gasteiger partial charge in [-0.15, -0.1) is 0 Å². The predicted molar refractivity (Wildman–Crippen MR) is 63.5 cm³/mol. The van der Waals surface area contributed by atoms with E-state index in [4.69, 9.17) is 10.8 Å². The maximum atomic E-state index is 11.8. The van der Waals surface area contributed by atoms with Gasteiger partial charge in [0.1, 0.15) is 6.04 Å². The molecule has 0 saturated carbocycles. The molecule has 0 bridgehead atoms. The minimum atomic E-state index is -0.997. The second-order valence-corrected chi connectivity index (χ2v) is 4.85. The first kappa shape index (κ1) is 13.8. The van der Waals surface area contributed by atoms with E-state index in [1.54, 1.807) is 18.7 Å². The number of hydrogen-bond acceptors (Lipinski definition) is 3. The highest BCUT2D eigenvalue weighted by molar-refractivity contribution is 5.82. The van der Waals surface area contributed by atoms with Gasteiger partial charge in [-0.1, -0.05) is 13.8 Å². The molecule has 0 aromatic heterocycles. The van der Waals surface area contributed by atoms with Gasteiger partial charge in [-0.2, -0.15) is 0 Å². The molecule has 0 radical (unpaired) electrons. The van der Waals surface area contributed by atoms with Crippen LogP contribution < -0.4 is 11.1 Å². The summed E-state index contributed by atoms with van der Waals surface area (Å²) >= 11 is 0. The van der Waals surface area contributed by atoms with Crippen LogP contribution in [0, 0.1) is 11.8 Å². The summed E-state index contributed by atoms with van der Waals surface area (Å²) in [5, 5.41) is 11.5. The average Bonchev–Trinajstić information content (AvgIpc) is 2.73. The van der Waals surface area contributed by atoms with Gasteiger partial charge in [0.2, 0.25) is 0 Å². The number of rotatable bonds is 4. The summed E-state index contributed by atoms with van der Waals surface area (Å²) in [5.74, 6) is -0.796. The minimum absolute atomic E-state index is 0.135. The zero-order valence-electron chi connectivity index (χ0n) is 10.3. The van der Waals surface area contributed by atoms with E-state index in [0.29, 0.717) is 25.6 Å². The third kappa shape index (κ3) is 3.59. The van der Waals surface area contributed by atoms with Gasteiger partial charge in [0, 0.05) is 13.1 Å². The van der Waals surface area contributed by atoms with Crippen LogP contribution in [0.2, 0.25) is 0 Å². The first-order valence-corrected chi connectivity index (χ1v) is 5.94. The number of urea groups is 1. The Bertz CT molecular complexity index is 294. The van der Waals surface area contributed by atoms with Gasteiger partial charge in [-0.05, 0) is 24.8 Å². The largest absolute Gasteiger partial charge is 0.480 e. The van der Waals surface area contributed by atoms with Crippen LogP contribution in [0.1, 0.15) is 20.3 Å². The molecular weight excluding hydrogens is 222 g/mol. The van der Waals surface area contributed by atoms with Crippen molar-refractivity contribution < 1.29 is 14.7 Å². The Labute approximate surface area is 101 Å². The summed E-state index contributed by atoms with van der Waals surface area (Å²) < 4.78 is 0. The van der Waals surface area contributed by atoms with Gasteiger partial charge in [0.25, 0.3) is 0 Å². The number of nitrogens with two attached hydrogens (primary N) is 1. The Morgan fingerprint density at radius 3 is 2.59 bits per heavy atom. The van der Waals surface area contributed by atoms with Crippen LogP contribution in [0.3, 0.4) is 0 Å². The van der Waals surface area contributed by atoms with Crippen LogP contribution in [0.5, 0.6) is 0 Å². The lowest BCUT2D eigenvalue weighted by atomic mass is 10.1. The van der Waals surface area contributed by atoms with Crippen molar-refractivity contribution in [3.05, 3.63) is 0 Å². The zero-order chi connectivity index (χ0) is 13.0. The lowest BCUT2D eigenvalue weighted by Gasteiger charge is -2.23. The van der Waals surface area contributed by atoms with Crippen LogP contribution in [0.25, 0.3) is 0 Å². The van der Waals surface area contributed by atoms with E-state index in [2.05, 4.69) is 5.32 Å². The Morgan fingerprint density at radius 2 is 2.18 bits per heavy atom. The van der Waals surface area contributed by atoms with E-state index in [1.165, 1.54) is 0 Å². The summed E-state index contributed by atoms with van der Waals surface area (Å²) in [6.45, 7) is 5.37. The number of amides is 2. The summed E-state index contributed by atoms with van der Waals surface area (Å²) in [6, 6.07) is -1.14. The third-order valence-electron chi connectivity index (χ3n) is 3.12. The van der Waals surface area contributed by atoms with E-state index in [-0.39, 0.29) is 11.9 Å². The molecular formula is C11H21N3O3. The first-order chi connectivity index (χ1) is 7.95. The van der Waals surface area contributed by atoms with E-state index in [9.17, 15) is 9.59 Å². The molecule has 1 rings (SSSR count). The highest BCUT2D eigenvalue weighted by Crippen LogP contribution is 2.15. The SMILES string of the molecule is CC(C)[C@H](NC(=O)N1CCC(CN)C1)C(=O)O. The standard InChI is InChI=1S/C11H21N3O3/c1-7(2)9(10(15)16)13-11(17)14-4-3-8(5-12)6-14/h7-9H,3-6,12H2,1-2H3,(H,13,17)(H,15,16)/t8?,9-/m0/s1. The van der Waals surface area contributed by atoms with Gasteiger partial charge in [-0.25, -0.2) is 9.59 Å². The van der Waals surface area contributed by atoms with Crippen LogP contribution in [-0.2, 0) is 4.79 Å². The summed E-state index contributed by atoms with van der Waals surface area (Å²) in [7, 11) is 0. The van der Waals surface area contributed by atoms with Crippen molar-refractivity contribution >= 4 is 12.0 Å². The fraction of sp³-hybridized carbons (Fsp3) is 0.818. The van der Waals surface area contributed by atoms with E-state index in [0.717, 1.165) is 6.42 Å². The fourth-order valence-corrected chi connectivity index (χ4v) is 1.95. The molecule has 1 heterocycles. The van der Waals surface area contributed by atoms with Gasteiger partial charge < -0.3 is 21.1 Å². The second-order valence-electron chi connectivity index (χ2n) is 4.85. The molecule has 4 N–H and O–H groups in total. The lowest BCUT2D eigenvalue weighted by molar-refractivity contribution is -0.140. The topological polar surface area (TPSA) is 95.7 Å². The number of nitrogens with zero attached hydrogens (tertiary/aromatic N) is 1. The Hall–Kier alpha value is -1.30. The van der Waals surface area contributed by atoms with Crippen molar-refractivity contribution in [1.29, 1.82) is 0 Å². The summed E-state index contributed by atoms with van der Waals surface area (Å²) in [5.41, 5.74) is 5.54. The molecule has 6 heteroatoms. The molecule has 2 amide bonds. The molecule has 6 nitrogen and oxygen atoms in total. The molecule has 2 atom stereocenters.